The molecule has 0 spiro atoms. The van der Waals surface area contributed by atoms with Crippen LogP contribution >= 0.6 is 0 Å². The number of para-hydroxylation sites is 2. The van der Waals surface area contributed by atoms with Crippen molar-refractivity contribution in [3.63, 3.8) is 0 Å². The van der Waals surface area contributed by atoms with Crippen molar-refractivity contribution < 1.29 is 14.1 Å². The molecule has 0 radical (unpaired) electrons. The van der Waals surface area contributed by atoms with Crippen LogP contribution in [0.15, 0.2) is 72.5 Å². The van der Waals surface area contributed by atoms with Gasteiger partial charge in [0.1, 0.15) is 12.1 Å². The van der Waals surface area contributed by atoms with E-state index in [1.165, 1.54) is 40.3 Å². The molecular weight excluding hydrogens is 494 g/mol. The van der Waals surface area contributed by atoms with Crippen LogP contribution in [0.3, 0.4) is 0 Å². The lowest BCUT2D eigenvalue weighted by molar-refractivity contribution is -0.438. The number of amides is 1. The number of fused-ring (bicyclic) bond motifs is 2. The highest BCUT2D eigenvalue weighted by atomic mass is 16.6. The monoisotopic (exact) mass is 542 g/mol. The number of benzene rings is 2. The van der Waals surface area contributed by atoms with Gasteiger partial charge in [-0.05, 0) is 58.7 Å². The van der Waals surface area contributed by atoms with Crippen LogP contribution in [0.1, 0.15) is 85.8 Å². The number of unbranched alkanes of at least 4 members (excludes halogenated alkanes) is 1. The first-order chi connectivity index (χ1) is 18.9. The van der Waals surface area contributed by atoms with Crippen LogP contribution < -0.4 is 10.2 Å². The molecule has 2 aliphatic heterocycles. The fourth-order valence-corrected chi connectivity index (χ4v) is 6.05. The second-order valence-corrected chi connectivity index (χ2v) is 13.0. The fraction of sp³-hybridized carbons (Fsp3) is 0.486. The summed E-state index contributed by atoms with van der Waals surface area (Å²) in [4.78, 5) is 14.6. The van der Waals surface area contributed by atoms with Crippen molar-refractivity contribution >= 4 is 23.2 Å². The molecule has 1 N–H and O–H groups in total. The lowest BCUT2D eigenvalue weighted by Crippen LogP contribution is -2.34. The molecule has 0 unspecified atom stereocenters. The van der Waals surface area contributed by atoms with E-state index in [4.69, 9.17) is 4.74 Å². The highest BCUT2D eigenvalue weighted by Gasteiger charge is 2.44. The average Bonchev–Trinajstić information content (AvgIpc) is 3.23. The van der Waals surface area contributed by atoms with Gasteiger partial charge in [0.2, 0.25) is 5.69 Å². The lowest BCUT2D eigenvalue weighted by Gasteiger charge is -2.27. The number of alkyl carbamates (subject to hydrolysis) is 1. The maximum absolute atomic E-state index is 12.1. The molecule has 1 amide bonds. The Balaban J connectivity index is 1.60. The topological polar surface area (TPSA) is 44.6 Å². The molecule has 0 bridgehead atoms. The number of nitrogens with zero attached hydrogens (tertiary/aromatic N) is 2. The van der Waals surface area contributed by atoms with Gasteiger partial charge in [-0.1, -0.05) is 69.7 Å². The SMILES string of the molecule is CCCC[N+]1=C(/C=C/C=C2\N(CCCNC(=O)OC(C)(C)C)c3ccccc3C2(C)C)C(C)(C)c2ccccc21. The highest BCUT2D eigenvalue weighted by Crippen LogP contribution is 2.47. The number of ether oxygens (including phenoxy) is 1. The number of anilines is 1. The quantitative estimate of drug-likeness (QED) is 0.258. The van der Waals surface area contributed by atoms with E-state index >= 15 is 0 Å². The van der Waals surface area contributed by atoms with E-state index in [1.807, 2.05) is 20.8 Å². The number of rotatable bonds is 9. The Kier molecular flexibility index (Phi) is 8.63. The zero-order chi connectivity index (χ0) is 29.1. The summed E-state index contributed by atoms with van der Waals surface area (Å²) in [6, 6.07) is 17.5. The van der Waals surface area contributed by atoms with E-state index in [2.05, 4.69) is 116 Å². The van der Waals surface area contributed by atoms with Gasteiger partial charge in [0.05, 0.1) is 5.41 Å². The zero-order valence-electron chi connectivity index (χ0n) is 25.8. The summed E-state index contributed by atoms with van der Waals surface area (Å²) in [6.45, 7) is 19.6. The van der Waals surface area contributed by atoms with Gasteiger partial charge in [-0.3, -0.25) is 0 Å². The lowest BCUT2D eigenvalue weighted by atomic mass is 9.81. The summed E-state index contributed by atoms with van der Waals surface area (Å²) in [6.07, 6.45) is 9.65. The minimum atomic E-state index is -0.496. The third-order valence-electron chi connectivity index (χ3n) is 8.07. The van der Waals surface area contributed by atoms with Crippen molar-refractivity contribution in [3.05, 3.63) is 83.6 Å². The number of carbonyl (C=O) groups is 1. The molecule has 0 fully saturated rings. The molecule has 5 heteroatoms. The van der Waals surface area contributed by atoms with E-state index in [0.29, 0.717) is 6.54 Å². The van der Waals surface area contributed by atoms with E-state index in [1.54, 1.807) is 0 Å². The third-order valence-corrected chi connectivity index (χ3v) is 8.07. The minimum absolute atomic E-state index is 0.0550. The Labute approximate surface area is 241 Å². The van der Waals surface area contributed by atoms with Gasteiger partial charge in [0, 0.05) is 54.0 Å². The van der Waals surface area contributed by atoms with Gasteiger partial charge in [-0.15, -0.1) is 0 Å². The molecule has 0 saturated heterocycles. The van der Waals surface area contributed by atoms with Crippen molar-refractivity contribution in [2.24, 2.45) is 0 Å². The largest absolute Gasteiger partial charge is 0.444 e. The van der Waals surface area contributed by atoms with Crippen molar-refractivity contribution in [1.82, 2.24) is 5.32 Å². The molecule has 2 aromatic rings. The smallest absolute Gasteiger partial charge is 0.407 e. The van der Waals surface area contributed by atoms with Gasteiger partial charge in [0.15, 0.2) is 5.71 Å². The van der Waals surface area contributed by atoms with Crippen LogP contribution in [-0.2, 0) is 15.6 Å². The van der Waals surface area contributed by atoms with Crippen molar-refractivity contribution in [1.29, 1.82) is 0 Å². The molecule has 40 heavy (non-hydrogen) atoms. The normalized spacial score (nSPS) is 18.4. The van der Waals surface area contributed by atoms with Crippen LogP contribution in [0.4, 0.5) is 16.2 Å². The highest BCUT2D eigenvalue weighted by molar-refractivity contribution is 6.03. The standard InChI is InChI=1S/C35H47N3O2/c1-9-10-24-37-28-19-13-11-17-26(28)34(5,6)30(37)21-15-22-31-35(7,8)27-18-12-14-20-29(27)38(31)25-16-23-36-32(39)40-33(2,3)4/h11-15,17-22H,9-10,16,23-25H2,1-8H3/p+1. The number of allylic oxidation sites excluding steroid dienone is 4. The third kappa shape index (κ3) is 6.04. The first kappa shape index (κ1) is 29.6. The number of hydrogen-bond acceptors (Lipinski definition) is 3. The Hall–Kier alpha value is -3.34. The molecule has 2 heterocycles. The van der Waals surface area contributed by atoms with Crippen LogP contribution in [0.25, 0.3) is 0 Å². The van der Waals surface area contributed by atoms with Gasteiger partial charge >= 0.3 is 6.09 Å². The average molecular weight is 543 g/mol. The summed E-state index contributed by atoms with van der Waals surface area (Å²) in [5, 5.41) is 2.91. The number of nitrogens with one attached hydrogen (secondary N) is 1. The second-order valence-electron chi connectivity index (χ2n) is 13.0. The number of hydrogen-bond donors (Lipinski definition) is 1. The van der Waals surface area contributed by atoms with Gasteiger partial charge in [-0.25, -0.2) is 4.79 Å². The maximum Gasteiger partial charge on any atom is 0.407 e. The first-order valence-electron chi connectivity index (χ1n) is 14.8. The molecule has 2 aromatic carbocycles. The van der Waals surface area contributed by atoms with E-state index < -0.39 is 5.60 Å². The molecule has 2 aliphatic rings. The predicted octanol–water partition coefficient (Wildman–Crippen LogP) is 8.02. The van der Waals surface area contributed by atoms with E-state index in [0.717, 1.165) is 25.9 Å². The van der Waals surface area contributed by atoms with Gasteiger partial charge < -0.3 is 15.0 Å². The molecular formula is C35H48N3O2+. The zero-order valence-corrected chi connectivity index (χ0v) is 25.8. The Morgan fingerprint density at radius 1 is 0.975 bits per heavy atom. The number of carbonyl (C=O) groups excluding carboxylic acids is 1. The van der Waals surface area contributed by atoms with E-state index in [-0.39, 0.29) is 16.9 Å². The summed E-state index contributed by atoms with van der Waals surface area (Å²) >= 11 is 0. The summed E-state index contributed by atoms with van der Waals surface area (Å²) < 4.78 is 7.92. The van der Waals surface area contributed by atoms with Crippen LogP contribution in [0.2, 0.25) is 0 Å². The first-order valence-corrected chi connectivity index (χ1v) is 14.8. The Bertz CT molecular complexity index is 1320. The molecule has 214 valence electrons. The van der Waals surface area contributed by atoms with Crippen molar-refractivity contribution in [2.75, 3.05) is 24.5 Å². The van der Waals surface area contributed by atoms with Crippen LogP contribution in [0.5, 0.6) is 0 Å². The van der Waals surface area contributed by atoms with Gasteiger partial charge in [0.25, 0.3) is 0 Å². The predicted molar refractivity (Wildman–Crippen MR) is 167 cm³/mol. The molecule has 0 saturated carbocycles. The Morgan fingerprint density at radius 3 is 2.35 bits per heavy atom. The van der Waals surface area contributed by atoms with E-state index in [9.17, 15) is 4.79 Å². The maximum atomic E-state index is 12.1. The molecule has 0 atom stereocenters. The Morgan fingerprint density at radius 2 is 1.65 bits per heavy atom. The summed E-state index contributed by atoms with van der Waals surface area (Å²) in [7, 11) is 0. The minimum Gasteiger partial charge on any atom is -0.444 e. The van der Waals surface area contributed by atoms with Crippen molar-refractivity contribution in [3.8, 4) is 0 Å². The molecule has 0 aromatic heterocycles. The molecule has 0 aliphatic carbocycles. The second kappa shape index (κ2) is 11.6. The summed E-state index contributed by atoms with van der Waals surface area (Å²) in [5.41, 5.74) is 7.25. The summed E-state index contributed by atoms with van der Waals surface area (Å²) in [5.74, 6) is 0. The molecule has 4 rings (SSSR count). The van der Waals surface area contributed by atoms with Crippen LogP contribution in [0, 0.1) is 0 Å². The van der Waals surface area contributed by atoms with Gasteiger partial charge in [-0.2, -0.15) is 4.58 Å². The van der Waals surface area contributed by atoms with Crippen LogP contribution in [-0.4, -0.2) is 41.6 Å². The van der Waals surface area contributed by atoms with Crippen molar-refractivity contribution in [2.45, 2.75) is 91.1 Å². The molecule has 5 nitrogen and oxygen atoms in total. The fourth-order valence-electron chi connectivity index (χ4n) is 6.05.